The maximum atomic E-state index is 12.8. The van der Waals surface area contributed by atoms with Crippen molar-refractivity contribution in [3.8, 4) is 0 Å². The first-order valence-corrected chi connectivity index (χ1v) is 20.9. The van der Waals surface area contributed by atoms with Crippen LogP contribution in [-0.2, 0) is 54.4 Å². The number of carbonyl (C=O) groups excluding carboxylic acids is 9. The van der Waals surface area contributed by atoms with E-state index in [2.05, 4.69) is 47.3 Å². The molecule has 1 aromatic rings. The van der Waals surface area contributed by atoms with Crippen LogP contribution in [0.15, 0.2) is 30.3 Å². The van der Waals surface area contributed by atoms with E-state index in [0.717, 1.165) is 5.56 Å². The Bertz CT molecular complexity index is 1730. The summed E-state index contributed by atoms with van der Waals surface area (Å²) in [5.41, 5.74) is 0.855. The lowest BCUT2D eigenvalue weighted by Crippen LogP contribution is -2.55. The fraction of sp³-hybridized carbons (Fsp3) is 0.634. The van der Waals surface area contributed by atoms with Gasteiger partial charge in [0.15, 0.2) is 0 Å². The van der Waals surface area contributed by atoms with Crippen LogP contribution in [0.2, 0.25) is 0 Å². The number of alkyl carbamates (subject to hydrolysis) is 1. The zero-order valence-corrected chi connectivity index (χ0v) is 34.0. The van der Waals surface area contributed by atoms with Crippen molar-refractivity contribution >= 4 is 53.4 Å². The molecule has 4 aliphatic carbocycles. The van der Waals surface area contributed by atoms with Gasteiger partial charge in [-0.15, -0.1) is 0 Å². The summed E-state index contributed by atoms with van der Waals surface area (Å²) in [6.45, 7) is 0.586. The Morgan fingerprint density at radius 3 is 1.17 bits per heavy atom. The van der Waals surface area contributed by atoms with Crippen LogP contribution in [0.1, 0.15) is 82.6 Å². The monoisotopic (exact) mass is 838 g/mol. The van der Waals surface area contributed by atoms with E-state index in [9.17, 15) is 43.2 Å². The Kier molecular flexibility index (Phi) is 17.1. The van der Waals surface area contributed by atoms with Gasteiger partial charge in [0, 0.05) is 69.6 Å². The fourth-order valence-electron chi connectivity index (χ4n) is 7.51. The highest BCUT2D eigenvalue weighted by molar-refractivity contribution is 5.86. The molecule has 4 saturated carbocycles. The van der Waals surface area contributed by atoms with E-state index in [0.29, 0.717) is 51.4 Å². The van der Waals surface area contributed by atoms with E-state index in [1.807, 2.05) is 30.3 Å². The second-order valence-electron chi connectivity index (χ2n) is 15.8. The summed E-state index contributed by atoms with van der Waals surface area (Å²) in [5.74, 6) is -3.99. The topological polar surface area (TPSA) is 268 Å². The van der Waals surface area contributed by atoms with Crippen LogP contribution in [0.4, 0.5) is 4.79 Å². The molecule has 0 bridgehead atoms. The van der Waals surface area contributed by atoms with Crippen molar-refractivity contribution in [3.05, 3.63) is 35.9 Å². The zero-order valence-electron chi connectivity index (χ0n) is 34.0. The van der Waals surface area contributed by atoms with Gasteiger partial charge >= 0.3 is 12.1 Å². The van der Waals surface area contributed by atoms with Crippen molar-refractivity contribution in [1.29, 1.82) is 0 Å². The smallest absolute Gasteiger partial charge is 0.407 e. The molecule has 0 unspecified atom stereocenters. The molecule has 8 amide bonds. The molecule has 0 saturated heterocycles. The van der Waals surface area contributed by atoms with E-state index in [4.69, 9.17) is 4.74 Å². The number of methoxy groups -OCH3 is 1. The Morgan fingerprint density at radius 2 is 0.833 bits per heavy atom. The predicted molar refractivity (Wildman–Crippen MR) is 213 cm³/mol. The molecule has 8 atom stereocenters. The van der Waals surface area contributed by atoms with Crippen molar-refractivity contribution in [3.63, 3.8) is 0 Å². The van der Waals surface area contributed by atoms with Crippen LogP contribution in [0.3, 0.4) is 0 Å². The first-order valence-electron chi connectivity index (χ1n) is 20.9. The van der Waals surface area contributed by atoms with Crippen LogP contribution in [0, 0.1) is 23.7 Å². The maximum absolute atomic E-state index is 12.8. The average Bonchev–Trinajstić information content (AvgIpc) is 3.18. The van der Waals surface area contributed by atoms with Crippen molar-refractivity contribution < 1.29 is 52.6 Å². The lowest BCUT2D eigenvalue weighted by molar-refractivity contribution is -0.141. The molecular formula is C41H58N8O11. The Balaban J connectivity index is 0.875. The molecule has 0 heterocycles. The van der Waals surface area contributed by atoms with E-state index in [1.165, 1.54) is 7.11 Å². The van der Waals surface area contributed by atoms with Crippen LogP contribution >= 0.6 is 0 Å². The van der Waals surface area contributed by atoms with Gasteiger partial charge in [0.25, 0.3) is 0 Å². The quantitative estimate of drug-likeness (QED) is 0.0695. The van der Waals surface area contributed by atoms with Crippen molar-refractivity contribution in [2.24, 2.45) is 23.7 Å². The van der Waals surface area contributed by atoms with Gasteiger partial charge in [-0.25, -0.2) is 4.79 Å². The van der Waals surface area contributed by atoms with Gasteiger partial charge in [-0.2, -0.15) is 0 Å². The SMILES string of the molecule is COC(=O)CCNC(=O)[C@@H]1CC[C@@H]1NC(=O)CCNC(=O)[C@@H]1CC[C@@H]1NC(=O)CCNC(=O)[C@@H]1CC[C@@H]1NC(=O)CCNC(=O)[C@@H]1CC[C@@H]1NC(=O)OCc1ccccc1. The van der Waals surface area contributed by atoms with Gasteiger partial charge in [0.1, 0.15) is 6.61 Å². The third-order valence-corrected chi connectivity index (χ3v) is 11.8. The van der Waals surface area contributed by atoms with Crippen molar-refractivity contribution in [1.82, 2.24) is 42.5 Å². The molecule has 19 nitrogen and oxygen atoms in total. The van der Waals surface area contributed by atoms with E-state index >= 15 is 0 Å². The number of ether oxygens (including phenoxy) is 2. The summed E-state index contributed by atoms with van der Waals surface area (Å²) < 4.78 is 9.80. The minimum atomic E-state index is -0.591. The van der Waals surface area contributed by atoms with Gasteiger partial charge < -0.3 is 52.0 Å². The zero-order chi connectivity index (χ0) is 43.0. The molecular weight excluding hydrogens is 780 g/mol. The second-order valence-corrected chi connectivity index (χ2v) is 15.8. The number of hydrogen-bond donors (Lipinski definition) is 8. The summed E-state index contributed by atoms with van der Waals surface area (Å²) in [5, 5.41) is 22.2. The van der Waals surface area contributed by atoms with Crippen LogP contribution in [-0.4, -0.2) is 111 Å². The van der Waals surface area contributed by atoms with Crippen molar-refractivity contribution in [2.45, 2.75) is 108 Å². The van der Waals surface area contributed by atoms with Crippen LogP contribution in [0.25, 0.3) is 0 Å². The summed E-state index contributed by atoms with van der Waals surface area (Å²) >= 11 is 0. The summed E-state index contributed by atoms with van der Waals surface area (Å²) in [6, 6.07) is 7.91. The summed E-state index contributed by atoms with van der Waals surface area (Å²) in [7, 11) is 1.27. The molecule has 328 valence electrons. The third kappa shape index (κ3) is 13.4. The number of esters is 1. The average molecular weight is 839 g/mol. The minimum absolute atomic E-state index is 0.0118. The normalized spacial score (nSPS) is 24.8. The Hall–Kier alpha value is -5.75. The van der Waals surface area contributed by atoms with Gasteiger partial charge in [-0.1, -0.05) is 30.3 Å². The lowest BCUT2D eigenvalue weighted by Gasteiger charge is -2.37. The van der Waals surface area contributed by atoms with E-state index in [1.54, 1.807) is 0 Å². The molecule has 60 heavy (non-hydrogen) atoms. The Labute approximate surface area is 348 Å². The molecule has 8 N–H and O–H groups in total. The molecule has 0 spiro atoms. The highest BCUT2D eigenvalue weighted by Crippen LogP contribution is 2.30. The second kappa shape index (κ2) is 22.6. The molecule has 0 aromatic heterocycles. The van der Waals surface area contributed by atoms with Crippen LogP contribution in [0.5, 0.6) is 0 Å². The minimum Gasteiger partial charge on any atom is -0.469 e. The molecule has 5 rings (SSSR count). The number of benzene rings is 1. The first-order chi connectivity index (χ1) is 28.9. The molecule has 4 aliphatic rings. The maximum Gasteiger partial charge on any atom is 0.407 e. The summed E-state index contributed by atoms with van der Waals surface area (Å²) in [4.78, 5) is 112. The largest absolute Gasteiger partial charge is 0.469 e. The number of amides is 8. The van der Waals surface area contributed by atoms with E-state index in [-0.39, 0.29) is 130 Å². The third-order valence-electron chi connectivity index (χ3n) is 11.8. The number of carbonyl (C=O) groups is 9. The highest BCUT2D eigenvalue weighted by atomic mass is 16.5. The molecule has 1 aromatic carbocycles. The first kappa shape index (κ1) is 45.3. The lowest BCUT2D eigenvalue weighted by atomic mass is 9.78. The van der Waals surface area contributed by atoms with Crippen LogP contribution < -0.4 is 42.5 Å². The fourth-order valence-corrected chi connectivity index (χ4v) is 7.51. The standard InChI is InChI=1S/C41H58N8O11/c1-59-36(53)18-22-45-39(56)27-9-13-31(27)48-34(51)16-20-43-37(54)25-7-11-29(25)46-33(50)15-19-42-38(55)26-8-12-30(26)47-35(52)17-21-44-40(57)28-10-14-32(28)49-41(58)60-23-24-5-3-2-4-6-24/h2-6,25-32H,7-23H2,1H3,(H,42,55)(H,43,54)(H,44,57)(H,45,56)(H,46,50)(H,47,52)(H,48,51)(H,49,58)/t25-,26-,27-,28-,29+,30+,31+,32+/m1/s1. The molecule has 0 aliphatic heterocycles. The molecule has 4 fully saturated rings. The summed E-state index contributed by atoms with van der Waals surface area (Å²) in [6.07, 6.45) is 4.51. The van der Waals surface area contributed by atoms with Gasteiger partial charge in [0.05, 0.1) is 37.2 Å². The number of nitrogens with one attached hydrogen (secondary N) is 8. The van der Waals surface area contributed by atoms with Gasteiger partial charge in [-0.05, 0) is 56.9 Å². The number of hydrogen-bond acceptors (Lipinski definition) is 11. The Morgan fingerprint density at radius 1 is 0.483 bits per heavy atom. The van der Waals surface area contributed by atoms with Gasteiger partial charge in [-0.3, -0.25) is 38.4 Å². The van der Waals surface area contributed by atoms with E-state index < -0.39 is 29.8 Å². The molecule has 0 radical (unpaired) electrons. The highest BCUT2D eigenvalue weighted by Gasteiger charge is 2.41. The predicted octanol–water partition coefficient (Wildman–Crippen LogP) is -0.426. The van der Waals surface area contributed by atoms with Crippen molar-refractivity contribution in [2.75, 3.05) is 33.3 Å². The number of rotatable bonds is 22. The molecule has 19 heteroatoms. The van der Waals surface area contributed by atoms with Gasteiger partial charge in [0.2, 0.25) is 41.4 Å².